The lowest BCUT2D eigenvalue weighted by atomic mass is 9.97. The molecule has 21 heavy (non-hydrogen) atoms. The van der Waals surface area contributed by atoms with Crippen molar-refractivity contribution < 1.29 is 8.42 Å². The number of allylic oxidation sites excluding steroid dienone is 1. The van der Waals surface area contributed by atoms with E-state index in [0.29, 0.717) is 13.0 Å². The van der Waals surface area contributed by atoms with E-state index in [1.807, 2.05) is 0 Å². The van der Waals surface area contributed by atoms with Crippen molar-refractivity contribution >= 4 is 39.8 Å². The van der Waals surface area contributed by atoms with Gasteiger partial charge in [0.25, 0.3) is 0 Å². The van der Waals surface area contributed by atoms with Crippen LogP contribution >= 0.6 is 24.0 Å². The monoisotopic (exact) mass is 429 g/mol. The Morgan fingerprint density at radius 2 is 2.00 bits per heavy atom. The molecule has 124 valence electrons. The normalized spacial score (nSPS) is 15.9. The van der Waals surface area contributed by atoms with Crippen LogP contribution in [0.25, 0.3) is 0 Å². The van der Waals surface area contributed by atoms with Gasteiger partial charge in [0.05, 0.1) is 5.75 Å². The van der Waals surface area contributed by atoms with E-state index in [1.165, 1.54) is 37.5 Å². The first kappa shape index (κ1) is 20.7. The summed E-state index contributed by atoms with van der Waals surface area (Å²) in [6.07, 6.45) is 10.3. The number of rotatable bonds is 7. The number of halogens is 1. The zero-order valence-corrected chi connectivity index (χ0v) is 16.2. The first-order valence-electron chi connectivity index (χ1n) is 7.31. The average Bonchev–Trinajstić information content (AvgIpc) is 2.41. The van der Waals surface area contributed by atoms with Gasteiger partial charge in [-0.05, 0) is 38.5 Å². The zero-order valence-electron chi connectivity index (χ0n) is 13.0. The van der Waals surface area contributed by atoms with Crippen LogP contribution in [-0.4, -0.2) is 46.5 Å². The topological polar surface area (TPSA) is 70.6 Å². The third kappa shape index (κ3) is 11.0. The maximum atomic E-state index is 11.0. The molecule has 5 nitrogen and oxygen atoms in total. The van der Waals surface area contributed by atoms with Gasteiger partial charge in [0.15, 0.2) is 5.96 Å². The number of aliphatic imine (C=N–C) groups is 1. The predicted octanol–water partition coefficient (Wildman–Crippen LogP) is 2.09. The fourth-order valence-electron chi connectivity index (χ4n) is 2.23. The molecular formula is C14H28IN3O2S. The molecule has 1 aliphatic rings. The van der Waals surface area contributed by atoms with Crippen LogP contribution in [0.1, 0.15) is 38.5 Å². The van der Waals surface area contributed by atoms with Crippen molar-refractivity contribution in [2.75, 3.05) is 32.1 Å². The summed E-state index contributed by atoms with van der Waals surface area (Å²) in [6.45, 7) is 1.49. The van der Waals surface area contributed by atoms with Gasteiger partial charge in [-0.2, -0.15) is 0 Å². The Hall–Kier alpha value is -0.310. The van der Waals surface area contributed by atoms with Crippen molar-refractivity contribution in [3.05, 3.63) is 11.6 Å². The first-order valence-corrected chi connectivity index (χ1v) is 9.37. The largest absolute Gasteiger partial charge is 0.356 e. The molecule has 0 saturated carbocycles. The third-order valence-electron chi connectivity index (χ3n) is 3.33. The molecule has 0 aromatic carbocycles. The van der Waals surface area contributed by atoms with Gasteiger partial charge in [0, 0.05) is 26.4 Å². The molecule has 7 heteroatoms. The third-order valence-corrected chi connectivity index (χ3v) is 4.36. The van der Waals surface area contributed by atoms with Crippen LogP contribution in [0.15, 0.2) is 16.6 Å². The van der Waals surface area contributed by atoms with E-state index in [2.05, 4.69) is 21.7 Å². The quantitative estimate of drug-likeness (QED) is 0.214. The van der Waals surface area contributed by atoms with Crippen molar-refractivity contribution in [1.82, 2.24) is 10.6 Å². The highest BCUT2D eigenvalue weighted by atomic mass is 127. The van der Waals surface area contributed by atoms with Crippen LogP contribution in [0.2, 0.25) is 0 Å². The first-order chi connectivity index (χ1) is 9.51. The summed E-state index contributed by atoms with van der Waals surface area (Å²) >= 11 is 0. The van der Waals surface area contributed by atoms with Gasteiger partial charge in [0.1, 0.15) is 9.84 Å². The van der Waals surface area contributed by atoms with Gasteiger partial charge in [-0.15, -0.1) is 24.0 Å². The highest BCUT2D eigenvalue weighted by Crippen LogP contribution is 2.19. The number of nitrogens with one attached hydrogen (secondary N) is 2. The molecule has 0 atom stereocenters. The molecule has 1 aliphatic carbocycles. The summed E-state index contributed by atoms with van der Waals surface area (Å²) in [4.78, 5) is 4.13. The Balaban J connectivity index is 0.00000400. The van der Waals surface area contributed by atoms with Crippen LogP contribution in [0.5, 0.6) is 0 Å². The summed E-state index contributed by atoms with van der Waals surface area (Å²) < 4.78 is 22.0. The Labute approximate surface area is 146 Å². The van der Waals surface area contributed by atoms with Crippen LogP contribution in [0.4, 0.5) is 0 Å². The lowest BCUT2D eigenvalue weighted by Gasteiger charge is -2.15. The number of guanidine groups is 1. The average molecular weight is 429 g/mol. The Kier molecular flexibility index (Phi) is 11.1. The highest BCUT2D eigenvalue weighted by Gasteiger charge is 2.05. The summed E-state index contributed by atoms with van der Waals surface area (Å²) in [6, 6.07) is 0. The number of sulfone groups is 1. The van der Waals surface area contributed by atoms with Crippen molar-refractivity contribution in [2.45, 2.75) is 38.5 Å². The van der Waals surface area contributed by atoms with E-state index in [-0.39, 0.29) is 29.7 Å². The molecule has 0 heterocycles. The lowest BCUT2D eigenvalue weighted by Crippen LogP contribution is -2.38. The SMILES string of the molecule is CN=C(NCCCS(C)(=O)=O)NCCC1=CCCCC1.I. The minimum Gasteiger partial charge on any atom is -0.356 e. The molecule has 0 bridgehead atoms. The van der Waals surface area contributed by atoms with Gasteiger partial charge in [0.2, 0.25) is 0 Å². The van der Waals surface area contributed by atoms with E-state index < -0.39 is 9.84 Å². The maximum Gasteiger partial charge on any atom is 0.190 e. The van der Waals surface area contributed by atoms with E-state index in [0.717, 1.165) is 18.9 Å². The van der Waals surface area contributed by atoms with Gasteiger partial charge in [-0.3, -0.25) is 4.99 Å². The van der Waals surface area contributed by atoms with Crippen LogP contribution < -0.4 is 10.6 Å². The van der Waals surface area contributed by atoms with Crippen LogP contribution in [0, 0.1) is 0 Å². The summed E-state index contributed by atoms with van der Waals surface area (Å²) in [5.41, 5.74) is 1.54. The molecule has 0 spiro atoms. The van der Waals surface area contributed by atoms with Crippen molar-refractivity contribution in [3.8, 4) is 0 Å². The van der Waals surface area contributed by atoms with Gasteiger partial charge in [-0.1, -0.05) is 11.6 Å². The molecule has 0 aromatic rings. The Morgan fingerprint density at radius 1 is 1.29 bits per heavy atom. The van der Waals surface area contributed by atoms with E-state index in [4.69, 9.17) is 0 Å². The van der Waals surface area contributed by atoms with Gasteiger partial charge < -0.3 is 10.6 Å². The standard InChI is InChI=1S/C14H27N3O2S.HI/c1-15-14(16-10-6-12-20(2,18)19)17-11-9-13-7-4-3-5-8-13;/h7H,3-6,8-12H2,1-2H3,(H2,15,16,17);1H. The molecule has 2 N–H and O–H groups in total. The minimum atomic E-state index is -2.87. The predicted molar refractivity (Wildman–Crippen MR) is 100 cm³/mol. The second kappa shape index (κ2) is 11.3. The molecule has 0 aromatic heterocycles. The molecule has 1 rings (SSSR count). The Bertz CT molecular complexity index is 447. The van der Waals surface area contributed by atoms with Gasteiger partial charge >= 0.3 is 0 Å². The molecule has 0 amide bonds. The maximum absolute atomic E-state index is 11.0. The summed E-state index contributed by atoms with van der Waals surface area (Å²) in [7, 11) is -1.14. The van der Waals surface area contributed by atoms with Crippen molar-refractivity contribution in [3.63, 3.8) is 0 Å². The smallest absolute Gasteiger partial charge is 0.190 e. The van der Waals surface area contributed by atoms with Crippen LogP contribution in [-0.2, 0) is 9.84 Å². The summed E-state index contributed by atoms with van der Waals surface area (Å²) in [5.74, 6) is 0.957. The second-order valence-electron chi connectivity index (χ2n) is 5.27. The zero-order chi connectivity index (χ0) is 14.8. The lowest BCUT2D eigenvalue weighted by molar-refractivity contribution is 0.598. The van der Waals surface area contributed by atoms with Crippen molar-refractivity contribution in [2.24, 2.45) is 4.99 Å². The Morgan fingerprint density at radius 3 is 2.57 bits per heavy atom. The number of hydrogen-bond acceptors (Lipinski definition) is 3. The molecule has 0 saturated heterocycles. The molecular weight excluding hydrogens is 401 g/mol. The fourth-order valence-corrected chi connectivity index (χ4v) is 2.90. The van der Waals surface area contributed by atoms with Crippen LogP contribution in [0.3, 0.4) is 0 Å². The fraction of sp³-hybridized carbons (Fsp3) is 0.786. The molecule has 0 aliphatic heterocycles. The van der Waals surface area contributed by atoms with Gasteiger partial charge in [-0.25, -0.2) is 8.42 Å². The van der Waals surface area contributed by atoms with Crippen molar-refractivity contribution in [1.29, 1.82) is 0 Å². The molecule has 0 unspecified atom stereocenters. The van der Waals surface area contributed by atoms with E-state index in [9.17, 15) is 8.42 Å². The summed E-state index contributed by atoms with van der Waals surface area (Å²) in [5, 5.41) is 6.40. The minimum absolute atomic E-state index is 0. The van der Waals surface area contributed by atoms with E-state index >= 15 is 0 Å². The molecule has 0 radical (unpaired) electrons. The number of nitrogens with zero attached hydrogens (tertiary/aromatic N) is 1. The molecule has 0 fully saturated rings. The van der Waals surface area contributed by atoms with E-state index in [1.54, 1.807) is 7.05 Å². The highest BCUT2D eigenvalue weighted by molar-refractivity contribution is 14.0. The number of hydrogen-bond donors (Lipinski definition) is 2. The second-order valence-corrected chi connectivity index (χ2v) is 7.53.